The molecule has 3 rings (SSSR count). The molecular weight excluding hydrogens is 308 g/mol. The first-order chi connectivity index (χ1) is 11.7. The smallest absolute Gasteiger partial charge is 0.258 e. The van der Waals surface area contributed by atoms with Crippen LogP contribution in [0.4, 0.5) is 5.69 Å². The van der Waals surface area contributed by atoms with Gasteiger partial charge in [-0.1, -0.05) is 24.3 Å². The standard InChI is InChI=1S/C18H18N2O4/c1-23-15-4-2-3-5-16(15)24-11-18(22)19-10-12-6-7-14-13(8-12)9-17(21)20-14/h2-8H,9-11H2,1H3,(H,19,22)(H,20,21). The SMILES string of the molecule is COc1ccccc1OCC(=O)NCc1ccc2c(c1)CC(=O)N2. The molecule has 0 unspecified atom stereocenters. The molecule has 6 nitrogen and oxygen atoms in total. The molecule has 1 aliphatic rings. The Morgan fingerprint density at radius 2 is 2.00 bits per heavy atom. The molecule has 2 aromatic carbocycles. The molecule has 0 fully saturated rings. The first kappa shape index (κ1) is 15.9. The number of fused-ring (bicyclic) bond motifs is 1. The third kappa shape index (κ3) is 3.65. The fourth-order valence-electron chi connectivity index (χ4n) is 2.53. The zero-order valence-electron chi connectivity index (χ0n) is 13.3. The first-order valence-electron chi connectivity index (χ1n) is 7.60. The number of carbonyl (C=O) groups excluding carboxylic acids is 2. The maximum Gasteiger partial charge on any atom is 0.258 e. The maximum atomic E-state index is 11.9. The fourth-order valence-corrected chi connectivity index (χ4v) is 2.53. The Bertz CT molecular complexity index is 773. The van der Waals surface area contributed by atoms with Gasteiger partial charge in [0, 0.05) is 12.2 Å². The van der Waals surface area contributed by atoms with E-state index >= 15 is 0 Å². The van der Waals surface area contributed by atoms with Crippen molar-refractivity contribution in [3.63, 3.8) is 0 Å². The minimum atomic E-state index is -0.226. The summed E-state index contributed by atoms with van der Waals surface area (Å²) in [6.07, 6.45) is 0.383. The molecule has 0 radical (unpaired) electrons. The summed E-state index contributed by atoms with van der Waals surface area (Å²) in [5.41, 5.74) is 2.74. The van der Waals surface area contributed by atoms with Crippen LogP contribution >= 0.6 is 0 Å². The van der Waals surface area contributed by atoms with Gasteiger partial charge in [0.1, 0.15) is 0 Å². The van der Waals surface area contributed by atoms with Crippen LogP contribution in [0, 0.1) is 0 Å². The van der Waals surface area contributed by atoms with Crippen LogP contribution in [-0.2, 0) is 22.6 Å². The van der Waals surface area contributed by atoms with E-state index in [1.165, 1.54) is 0 Å². The Kier molecular flexibility index (Phi) is 4.65. The average Bonchev–Trinajstić information content (AvgIpc) is 2.97. The van der Waals surface area contributed by atoms with Crippen molar-refractivity contribution in [1.82, 2.24) is 5.32 Å². The van der Waals surface area contributed by atoms with E-state index in [4.69, 9.17) is 9.47 Å². The Morgan fingerprint density at radius 1 is 1.21 bits per heavy atom. The van der Waals surface area contributed by atoms with E-state index in [1.54, 1.807) is 19.2 Å². The molecule has 24 heavy (non-hydrogen) atoms. The number of rotatable bonds is 6. The van der Waals surface area contributed by atoms with Crippen molar-refractivity contribution in [2.45, 2.75) is 13.0 Å². The van der Waals surface area contributed by atoms with Gasteiger partial charge in [-0.2, -0.15) is 0 Å². The number of nitrogens with one attached hydrogen (secondary N) is 2. The second-order valence-electron chi connectivity index (χ2n) is 5.43. The van der Waals surface area contributed by atoms with Crippen LogP contribution in [0.1, 0.15) is 11.1 Å². The van der Waals surface area contributed by atoms with Crippen LogP contribution in [0.25, 0.3) is 0 Å². The van der Waals surface area contributed by atoms with Crippen LogP contribution in [-0.4, -0.2) is 25.5 Å². The molecule has 0 bridgehead atoms. The summed E-state index contributed by atoms with van der Waals surface area (Å²) in [5.74, 6) is 0.880. The molecule has 0 aromatic heterocycles. The van der Waals surface area contributed by atoms with Crippen LogP contribution in [0.15, 0.2) is 42.5 Å². The highest BCUT2D eigenvalue weighted by molar-refractivity contribution is 5.99. The van der Waals surface area contributed by atoms with Crippen molar-refractivity contribution in [3.8, 4) is 11.5 Å². The predicted octanol–water partition coefficient (Wildman–Crippen LogP) is 1.88. The lowest BCUT2D eigenvalue weighted by Gasteiger charge is -2.11. The van der Waals surface area contributed by atoms with Gasteiger partial charge in [-0.05, 0) is 29.3 Å². The minimum Gasteiger partial charge on any atom is -0.493 e. The Morgan fingerprint density at radius 3 is 2.79 bits per heavy atom. The highest BCUT2D eigenvalue weighted by Gasteiger charge is 2.17. The summed E-state index contributed by atoms with van der Waals surface area (Å²) in [6.45, 7) is 0.293. The topological polar surface area (TPSA) is 76.7 Å². The molecule has 2 aromatic rings. The van der Waals surface area contributed by atoms with Gasteiger partial charge in [0.25, 0.3) is 5.91 Å². The number of para-hydroxylation sites is 2. The molecule has 0 saturated heterocycles. The van der Waals surface area contributed by atoms with Crippen molar-refractivity contribution in [1.29, 1.82) is 0 Å². The third-order valence-corrected chi connectivity index (χ3v) is 3.71. The quantitative estimate of drug-likeness (QED) is 0.850. The lowest BCUT2D eigenvalue weighted by atomic mass is 10.1. The van der Waals surface area contributed by atoms with E-state index in [-0.39, 0.29) is 18.4 Å². The normalized spacial score (nSPS) is 12.3. The number of hydrogen-bond donors (Lipinski definition) is 2. The van der Waals surface area contributed by atoms with Gasteiger partial charge in [0.05, 0.1) is 13.5 Å². The largest absolute Gasteiger partial charge is 0.493 e. The molecule has 0 atom stereocenters. The number of carbonyl (C=O) groups is 2. The molecule has 1 aliphatic heterocycles. The number of methoxy groups -OCH3 is 1. The van der Waals surface area contributed by atoms with Gasteiger partial charge in [0.15, 0.2) is 18.1 Å². The lowest BCUT2D eigenvalue weighted by Crippen LogP contribution is -2.28. The monoisotopic (exact) mass is 326 g/mol. The van der Waals surface area contributed by atoms with E-state index < -0.39 is 0 Å². The Labute approximate surface area is 139 Å². The molecule has 124 valence electrons. The zero-order valence-corrected chi connectivity index (χ0v) is 13.3. The molecule has 2 amide bonds. The summed E-state index contributed by atoms with van der Waals surface area (Å²) in [4.78, 5) is 23.3. The molecule has 0 saturated carbocycles. The maximum absolute atomic E-state index is 11.9. The second-order valence-corrected chi connectivity index (χ2v) is 5.43. The first-order valence-corrected chi connectivity index (χ1v) is 7.60. The Hall–Kier alpha value is -3.02. The predicted molar refractivity (Wildman–Crippen MR) is 89.1 cm³/mol. The number of hydrogen-bond acceptors (Lipinski definition) is 4. The van der Waals surface area contributed by atoms with Crippen molar-refractivity contribution in [3.05, 3.63) is 53.6 Å². The van der Waals surface area contributed by atoms with Gasteiger partial charge in [0.2, 0.25) is 5.91 Å². The van der Waals surface area contributed by atoms with E-state index in [0.29, 0.717) is 24.5 Å². The summed E-state index contributed by atoms with van der Waals surface area (Å²) in [7, 11) is 1.55. The zero-order chi connectivity index (χ0) is 16.9. The van der Waals surface area contributed by atoms with Crippen LogP contribution in [0.3, 0.4) is 0 Å². The van der Waals surface area contributed by atoms with Gasteiger partial charge in [-0.25, -0.2) is 0 Å². The number of benzene rings is 2. The Balaban J connectivity index is 1.51. The van der Waals surface area contributed by atoms with E-state index in [0.717, 1.165) is 16.8 Å². The molecule has 0 aliphatic carbocycles. The van der Waals surface area contributed by atoms with Gasteiger partial charge < -0.3 is 20.1 Å². The van der Waals surface area contributed by atoms with Crippen molar-refractivity contribution in [2.75, 3.05) is 19.0 Å². The second kappa shape index (κ2) is 7.04. The van der Waals surface area contributed by atoms with E-state index in [1.807, 2.05) is 30.3 Å². The summed E-state index contributed by atoms with van der Waals surface area (Å²) >= 11 is 0. The summed E-state index contributed by atoms with van der Waals surface area (Å²) in [6, 6.07) is 12.8. The van der Waals surface area contributed by atoms with Crippen molar-refractivity contribution < 1.29 is 19.1 Å². The number of amides is 2. The van der Waals surface area contributed by atoms with Crippen molar-refractivity contribution in [2.24, 2.45) is 0 Å². The molecule has 0 spiro atoms. The highest BCUT2D eigenvalue weighted by Crippen LogP contribution is 2.25. The molecular formula is C18H18N2O4. The molecule has 6 heteroatoms. The highest BCUT2D eigenvalue weighted by atomic mass is 16.5. The third-order valence-electron chi connectivity index (χ3n) is 3.71. The lowest BCUT2D eigenvalue weighted by molar-refractivity contribution is -0.123. The summed E-state index contributed by atoms with van der Waals surface area (Å²) < 4.78 is 10.6. The number of ether oxygens (including phenoxy) is 2. The summed E-state index contributed by atoms with van der Waals surface area (Å²) in [5, 5.41) is 5.58. The number of anilines is 1. The van der Waals surface area contributed by atoms with Crippen molar-refractivity contribution >= 4 is 17.5 Å². The van der Waals surface area contributed by atoms with E-state index in [2.05, 4.69) is 10.6 Å². The molecule has 1 heterocycles. The van der Waals surface area contributed by atoms with Crippen LogP contribution in [0.5, 0.6) is 11.5 Å². The van der Waals surface area contributed by atoms with Crippen LogP contribution in [0.2, 0.25) is 0 Å². The minimum absolute atomic E-state index is 0.00334. The average molecular weight is 326 g/mol. The van der Waals surface area contributed by atoms with Gasteiger partial charge in [-0.15, -0.1) is 0 Å². The van der Waals surface area contributed by atoms with Crippen LogP contribution < -0.4 is 20.1 Å². The van der Waals surface area contributed by atoms with Gasteiger partial charge >= 0.3 is 0 Å². The van der Waals surface area contributed by atoms with E-state index in [9.17, 15) is 9.59 Å². The fraction of sp³-hybridized carbons (Fsp3) is 0.222. The molecule has 2 N–H and O–H groups in total. The van der Waals surface area contributed by atoms with Gasteiger partial charge in [-0.3, -0.25) is 9.59 Å².